The third-order valence-corrected chi connectivity index (χ3v) is 3.82. The minimum absolute atomic E-state index is 0.0210. The molecule has 2 aromatic carbocycles. The second-order valence-corrected chi connectivity index (χ2v) is 5.55. The third-order valence-electron chi connectivity index (χ3n) is 3.82. The first-order valence-corrected chi connectivity index (χ1v) is 7.91. The number of hydrogen-bond acceptors (Lipinski definition) is 7. The molecule has 0 amide bonds. The van der Waals surface area contributed by atoms with Crippen molar-refractivity contribution in [2.45, 2.75) is 6.61 Å². The molecule has 7 nitrogen and oxygen atoms in total. The molecular weight excluding hydrogens is 349 g/mol. The summed E-state index contributed by atoms with van der Waals surface area (Å²) < 4.78 is 24.4. The highest BCUT2D eigenvalue weighted by Gasteiger charge is 2.20. The van der Waals surface area contributed by atoms with E-state index >= 15 is 0 Å². The summed E-state index contributed by atoms with van der Waals surface area (Å²) in [6, 6.07) is 13.1. The number of nitrogens with two attached hydrogens (primary N) is 2. The lowest BCUT2D eigenvalue weighted by Gasteiger charge is -2.16. The first-order chi connectivity index (χ1) is 13.0. The van der Waals surface area contributed by atoms with Gasteiger partial charge in [0, 0.05) is 5.56 Å². The second kappa shape index (κ2) is 7.58. The van der Waals surface area contributed by atoms with Crippen LogP contribution in [0.1, 0.15) is 11.1 Å². The summed E-state index contributed by atoms with van der Waals surface area (Å²) in [6.45, 7) is 0.158. The van der Waals surface area contributed by atoms with Crippen LogP contribution in [0.4, 0.5) is 16.2 Å². The van der Waals surface area contributed by atoms with Gasteiger partial charge >= 0.3 is 0 Å². The molecule has 3 rings (SSSR count). The lowest BCUT2D eigenvalue weighted by Crippen LogP contribution is -2.06. The summed E-state index contributed by atoms with van der Waals surface area (Å²) in [5, 5.41) is 9.44. The minimum Gasteiger partial charge on any atom is -0.493 e. The lowest BCUT2D eigenvalue weighted by atomic mass is 10.1. The highest BCUT2D eigenvalue weighted by molar-refractivity contribution is 5.79. The van der Waals surface area contributed by atoms with Crippen molar-refractivity contribution in [2.75, 3.05) is 18.6 Å². The van der Waals surface area contributed by atoms with Gasteiger partial charge in [0.1, 0.15) is 29.9 Å². The highest BCUT2D eigenvalue weighted by atomic mass is 19.1. The van der Waals surface area contributed by atoms with Crippen LogP contribution in [0.2, 0.25) is 0 Å². The van der Waals surface area contributed by atoms with Gasteiger partial charge in [0.25, 0.3) is 0 Å². The van der Waals surface area contributed by atoms with Gasteiger partial charge in [-0.1, -0.05) is 18.2 Å². The van der Waals surface area contributed by atoms with Crippen LogP contribution < -0.4 is 20.9 Å². The molecule has 3 aromatic rings. The number of aromatic nitrogens is 2. The van der Waals surface area contributed by atoms with Crippen LogP contribution in [0, 0.1) is 17.1 Å². The van der Waals surface area contributed by atoms with E-state index in [0.717, 1.165) is 5.56 Å². The quantitative estimate of drug-likeness (QED) is 0.713. The summed E-state index contributed by atoms with van der Waals surface area (Å²) in [5.74, 6) is 0.385. The Morgan fingerprint density at radius 3 is 2.52 bits per heavy atom. The Morgan fingerprint density at radius 2 is 1.85 bits per heavy atom. The first kappa shape index (κ1) is 17.9. The van der Waals surface area contributed by atoms with Crippen LogP contribution in [0.25, 0.3) is 11.3 Å². The molecule has 0 fully saturated rings. The maximum atomic E-state index is 13.1. The first-order valence-electron chi connectivity index (χ1n) is 7.91. The predicted molar refractivity (Wildman–Crippen MR) is 98.3 cm³/mol. The van der Waals surface area contributed by atoms with Gasteiger partial charge in [0.05, 0.1) is 12.8 Å². The Morgan fingerprint density at radius 1 is 1.11 bits per heavy atom. The van der Waals surface area contributed by atoms with Crippen LogP contribution in [-0.2, 0) is 6.61 Å². The van der Waals surface area contributed by atoms with E-state index in [-0.39, 0.29) is 35.4 Å². The number of rotatable bonds is 5. The predicted octanol–water partition coefficient (Wildman–Crippen LogP) is 2.91. The van der Waals surface area contributed by atoms with Gasteiger partial charge in [-0.2, -0.15) is 10.2 Å². The van der Waals surface area contributed by atoms with Crippen molar-refractivity contribution in [2.24, 2.45) is 0 Å². The Labute approximate surface area is 155 Å². The van der Waals surface area contributed by atoms with E-state index in [0.29, 0.717) is 17.1 Å². The number of nitrogens with zero attached hydrogens (tertiary/aromatic N) is 3. The van der Waals surface area contributed by atoms with E-state index < -0.39 is 0 Å². The number of para-hydroxylation sites is 1. The van der Waals surface area contributed by atoms with Crippen LogP contribution in [0.3, 0.4) is 0 Å². The van der Waals surface area contributed by atoms with Crippen LogP contribution in [0.5, 0.6) is 11.5 Å². The normalized spacial score (nSPS) is 10.3. The van der Waals surface area contributed by atoms with Gasteiger partial charge in [0.2, 0.25) is 5.95 Å². The number of methoxy groups -OCH3 is 1. The molecule has 0 aliphatic heterocycles. The van der Waals surface area contributed by atoms with Crippen molar-refractivity contribution in [3.63, 3.8) is 0 Å². The molecule has 0 radical (unpaired) electrons. The number of benzene rings is 2. The minimum atomic E-state index is -0.331. The zero-order valence-corrected chi connectivity index (χ0v) is 14.4. The SMILES string of the molecule is COc1cccc(-c2nc(N)nc(N)c2C#N)c1OCc1ccc(F)cc1. The molecule has 136 valence electrons. The lowest BCUT2D eigenvalue weighted by molar-refractivity contribution is 0.285. The zero-order valence-electron chi connectivity index (χ0n) is 14.4. The van der Waals surface area contributed by atoms with Crippen LogP contribution in [-0.4, -0.2) is 17.1 Å². The molecule has 1 aromatic heterocycles. The third kappa shape index (κ3) is 3.72. The number of hydrogen-bond donors (Lipinski definition) is 2. The molecule has 0 saturated carbocycles. The zero-order chi connectivity index (χ0) is 19.4. The molecule has 1 heterocycles. The molecule has 0 atom stereocenters. The van der Waals surface area contributed by atoms with Gasteiger partial charge in [-0.25, -0.2) is 9.37 Å². The second-order valence-electron chi connectivity index (χ2n) is 5.55. The topological polar surface area (TPSA) is 120 Å². The molecule has 0 aliphatic rings. The van der Waals surface area contributed by atoms with Crippen molar-refractivity contribution in [1.82, 2.24) is 9.97 Å². The van der Waals surface area contributed by atoms with E-state index in [1.807, 2.05) is 6.07 Å². The monoisotopic (exact) mass is 365 g/mol. The average molecular weight is 365 g/mol. The molecule has 0 unspecified atom stereocenters. The molecular formula is C19H16FN5O2. The highest BCUT2D eigenvalue weighted by Crippen LogP contribution is 2.39. The van der Waals surface area contributed by atoms with Crippen molar-refractivity contribution in [3.05, 3.63) is 59.4 Å². The maximum Gasteiger partial charge on any atom is 0.222 e. The summed E-state index contributed by atoms with van der Waals surface area (Å²) in [7, 11) is 1.50. The van der Waals surface area contributed by atoms with Crippen molar-refractivity contribution in [3.8, 4) is 28.8 Å². The summed E-state index contributed by atoms with van der Waals surface area (Å²) in [4.78, 5) is 7.98. The maximum absolute atomic E-state index is 13.1. The van der Waals surface area contributed by atoms with E-state index in [9.17, 15) is 9.65 Å². The number of nitrogen functional groups attached to an aromatic ring is 2. The van der Waals surface area contributed by atoms with E-state index in [1.54, 1.807) is 30.3 Å². The number of halogens is 1. The smallest absolute Gasteiger partial charge is 0.222 e. The Balaban J connectivity index is 2.07. The Hall–Kier alpha value is -3.86. The molecule has 0 saturated heterocycles. The standard InChI is InChI=1S/C19H16FN5O2/c1-26-15-4-2-3-13(16-14(9-21)18(22)25-19(23)24-16)17(15)27-10-11-5-7-12(20)8-6-11/h2-8H,10H2,1H3,(H4,22,23,24,25). The summed E-state index contributed by atoms with van der Waals surface area (Å²) in [6.07, 6.45) is 0. The Kier molecular flexibility index (Phi) is 5.04. The van der Waals surface area contributed by atoms with E-state index in [1.165, 1.54) is 19.2 Å². The van der Waals surface area contributed by atoms with Gasteiger partial charge in [0.15, 0.2) is 11.5 Å². The summed E-state index contributed by atoms with van der Waals surface area (Å²) in [5.41, 5.74) is 13.1. The number of ether oxygens (including phenoxy) is 2. The molecule has 27 heavy (non-hydrogen) atoms. The Bertz CT molecular complexity index is 1020. The molecule has 0 bridgehead atoms. The molecule has 0 aliphatic carbocycles. The van der Waals surface area contributed by atoms with Gasteiger partial charge < -0.3 is 20.9 Å². The van der Waals surface area contributed by atoms with Gasteiger partial charge in [-0.3, -0.25) is 0 Å². The fourth-order valence-corrected chi connectivity index (χ4v) is 2.55. The molecule has 0 spiro atoms. The largest absolute Gasteiger partial charge is 0.493 e. The van der Waals surface area contributed by atoms with Crippen molar-refractivity contribution < 1.29 is 13.9 Å². The van der Waals surface area contributed by atoms with Crippen molar-refractivity contribution >= 4 is 11.8 Å². The van der Waals surface area contributed by atoms with Crippen LogP contribution in [0.15, 0.2) is 42.5 Å². The number of anilines is 2. The van der Waals surface area contributed by atoms with Crippen LogP contribution >= 0.6 is 0 Å². The van der Waals surface area contributed by atoms with E-state index in [4.69, 9.17) is 20.9 Å². The van der Waals surface area contributed by atoms with Gasteiger partial charge in [-0.05, 0) is 29.8 Å². The summed E-state index contributed by atoms with van der Waals surface area (Å²) >= 11 is 0. The fourth-order valence-electron chi connectivity index (χ4n) is 2.55. The van der Waals surface area contributed by atoms with E-state index in [2.05, 4.69) is 9.97 Å². The average Bonchev–Trinajstić information content (AvgIpc) is 2.66. The molecule has 8 heteroatoms. The van der Waals surface area contributed by atoms with Gasteiger partial charge in [-0.15, -0.1) is 0 Å². The molecule has 4 N–H and O–H groups in total. The van der Waals surface area contributed by atoms with Crippen molar-refractivity contribution in [1.29, 1.82) is 5.26 Å². The number of nitriles is 1. The fraction of sp³-hybridized carbons (Fsp3) is 0.105.